The molecular weight excluding hydrogens is 523 g/mol. The lowest BCUT2D eigenvalue weighted by atomic mass is 9.93. The molecular formula is C25H30Cl2N4O4S. The van der Waals surface area contributed by atoms with Crippen molar-refractivity contribution in [3.8, 4) is 0 Å². The number of benzene rings is 2. The summed E-state index contributed by atoms with van der Waals surface area (Å²) in [5.41, 5.74) is 0.600. The van der Waals surface area contributed by atoms with Crippen molar-refractivity contribution in [2.75, 3.05) is 43.4 Å². The zero-order valence-corrected chi connectivity index (χ0v) is 22.6. The molecule has 0 aliphatic carbocycles. The second kappa shape index (κ2) is 11.0. The Morgan fingerprint density at radius 2 is 1.81 bits per heavy atom. The van der Waals surface area contributed by atoms with E-state index < -0.39 is 22.0 Å². The van der Waals surface area contributed by atoms with E-state index in [1.165, 1.54) is 18.2 Å². The lowest BCUT2D eigenvalue weighted by Crippen LogP contribution is -2.53. The first kappa shape index (κ1) is 26.7. The number of amides is 2. The molecule has 2 heterocycles. The lowest BCUT2D eigenvalue weighted by molar-refractivity contribution is -0.132. The van der Waals surface area contributed by atoms with E-state index in [1.54, 1.807) is 36.2 Å². The van der Waals surface area contributed by atoms with Gasteiger partial charge in [-0.3, -0.25) is 13.9 Å². The van der Waals surface area contributed by atoms with Crippen LogP contribution in [0.5, 0.6) is 0 Å². The van der Waals surface area contributed by atoms with Gasteiger partial charge in [0.1, 0.15) is 10.9 Å². The number of carbonyl (C=O) groups is 2. The Morgan fingerprint density at radius 1 is 1.11 bits per heavy atom. The van der Waals surface area contributed by atoms with Crippen LogP contribution in [-0.4, -0.2) is 69.8 Å². The summed E-state index contributed by atoms with van der Waals surface area (Å²) >= 11 is 12.4. The molecule has 0 aromatic heterocycles. The Labute approximate surface area is 222 Å². The quantitative estimate of drug-likeness (QED) is 0.558. The number of likely N-dealkylation sites (tertiary alicyclic amines) is 1. The van der Waals surface area contributed by atoms with Crippen LogP contribution in [0.25, 0.3) is 0 Å². The normalized spacial score (nSPS) is 19.1. The maximum Gasteiger partial charge on any atom is 0.266 e. The first-order valence-corrected chi connectivity index (χ1v) is 14.1. The average Bonchev–Trinajstić information content (AvgIpc) is 2.85. The molecule has 2 aromatic rings. The van der Waals surface area contributed by atoms with Gasteiger partial charge in [0.2, 0.25) is 11.8 Å². The lowest BCUT2D eigenvalue weighted by Gasteiger charge is -2.37. The van der Waals surface area contributed by atoms with E-state index >= 15 is 0 Å². The van der Waals surface area contributed by atoms with Crippen LogP contribution in [0.3, 0.4) is 0 Å². The number of hydrogen-bond acceptors (Lipinski definition) is 5. The molecule has 36 heavy (non-hydrogen) atoms. The minimum atomic E-state index is -4.34. The van der Waals surface area contributed by atoms with Crippen molar-refractivity contribution >= 4 is 56.4 Å². The summed E-state index contributed by atoms with van der Waals surface area (Å²) < 4.78 is 28.7. The molecule has 0 unspecified atom stereocenters. The molecule has 0 spiro atoms. The number of hydrogen-bond donors (Lipinski definition) is 1. The van der Waals surface area contributed by atoms with E-state index in [0.717, 1.165) is 36.7 Å². The largest absolute Gasteiger partial charge is 0.346 e. The van der Waals surface area contributed by atoms with Crippen molar-refractivity contribution in [2.24, 2.45) is 5.92 Å². The third-order valence-corrected chi connectivity index (χ3v) is 9.74. The maximum atomic E-state index is 13.9. The van der Waals surface area contributed by atoms with Gasteiger partial charge in [-0.25, -0.2) is 8.42 Å². The summed E-state index contributed by atoms with van der Waals surface area (Å²) in [6.07, 6.45) is 2.75. The van der Waals surface area contributed by atoms with Gasteiger partial charge < -0.3 is 15.1 Å². The van der Waals surface area contributed by atoms with Crippen LogP contribution >= 0.6 is 23.2 Å². The summed E-state index contributed by atoms with van der Waals surface area (Å²) in [5, 5.41) is 2.68. The van der Waals surface area contributed by atoms with Crippen molar-refractivity contribution in [3.63, 3.8) is 0 Å². The van der Waals surface area contributed by atoms with Gasteiger partial charge in [-0.1, -0.05) is 41.4 Å². The molecule has 1 atom stereocenters. The van der Waals surface area contributed by atoms with E-state index in [4.69, 9.17) is 23.2 Å². The Bertz CT molecular complexity index is 1250. The summed E-state index contributed by atoms with van der Waals surface area (Å²) in [5.74, 6) is -0.338. The van der Waals surface area contributed by atoms with Crippen molar-refractivity contribution < 1.29 is 18.0 Å². The Morgan fingerprint density at radius 3 is 2.53 bits per heavy atom. The zero-order chi connectivity index (χ0) is 26.0. The molecule has 194 valence electrons. The van der Waals surface area contributed by atoms with E-state index in [1.807, 2.05) is 0 Å². The molecule has 1 fully saturated rings. The number of nitrogens with zero attached hydrogens (tertiary/aromatic N) is 3. The first-order valence-electron chi connectivity index (χ1n) is 11.9. The molecule has 11 heteroatoms. The standard InChI is InChI=1S/C25H30Cl2N4O4S/c1-29-13-10-17(11-14-29)12-15-30(2)23(32)16-21-25(33)28-19-7-3-4-8-20(19)31(21)36(34,35)22-9-5-6-18(26)24(22)27/h3-9,17,21H,10-16H2,1-2H3,(H,28,33)/t21-/m1/s1. The van der Waals surface area contributed by atoms with E-state index in [-0.39, 0.29) is 33.0 Å². The van der Waals surface area contributed by atoms with Crippen molar-refractivity contribution in [3.05, 3.63) is 52.5 Å². The van der Waals surface area contributed by atoms with Crippen LogP contribution in [0.15, 0.2) is 47.4 Å². The maximum absolute atomic E-state index is 13.9. The predicted octanol–water partition coefficient (Wildman–Crippen LogP) is 4.09. The summed E-state index contributed by atoms with van der Waals surface area (Å²) in [6, 6.07) is 9.59. The Balaban J connectivity index is 1.59. The molecule has 0 radical (unpaired) electrons. The van der Waals surface area contributed by atoms with Crippen molar-refractivity contribution in [1.82, 2.24) is 9.80 Å². The minimum Gasteiger partial charge on any atom is -0.346 e. The van der Waals surface area contributed by atoms with Gasteiger partial charge in [0.15, 0.2) is 0 Å². The van der Waals surface area contributed by atoms with Crippen LogP contribution in [-0.2, 0) is 19.6 Å². The Hall–Kier alpha value is -2.33. The number of piperidine rings is 1. The van der Waals surface area contributed by atoms with Crippen molar-refractivity contribution in [1.29, 1.82) is 0 Å². The summed E-state index contributed by atoms with van der Waals surface area (Å²) in [7, 11) is -0.536. The molecule has 8 nitrogen and oxygen atoms in total. The van der Waals surface area contributed by atoms with Gasteiger partial charge in [-0.05, 0) is 69.6 Å². The van der Waals surface area contributed by atoms with Gasteiger partial charge in [0.05, 0.1) is 27.8 Å². The van der Waals surface area contributed by atoms with Crippen LogP contribution in [0.1, 0.15) is 25.7 Å². The number of sulfonamides is 1. The fraction of sp³-hybridized carbons (Fsp3) is 0.440. The highest BCUT2D eigenvalue weighted by Crippen LogP contribution is 2.40. The van der Waals surface area contributed by atoms with Crippen LogP contribution < -0.4 is 9.62 Å². The van der Waals surface area contributed by atoms with Gasteiger partial charge in [-0.2, -0.15) is 0 Å². The second-order valence-corrected chi connectivity index (χ2v) is 12.0. The van der Waals surface area contributed by atoms with E-state index in [2.05, 4.69) is 17.3 Å². The van der Waals surface area contributed by atoms with E-state index in [9.17, 15) is 18.0 Å². The number of nitrogens with one attached hydrogen (secondary N) is 1. The number of rotatable bonds is 7. The highest BCUT2D eigenvalue weighted by atomic mass is 35.5. The third-order valence-electron chi connectivity index (χ3n) is 6.94. The fourth-order valence-electron chi connectivity index (χ4n) is 4.70. The molecule has 1 N–H and O–H groups in total. The predicted molar refractivity (Wildman–Crippen MR) is 142 cm³/mol. The first-order chi connectivity index (χ1) is 17.1. The highest BCUT2D eigenvalue weighted by molar-refractivity contribution is 7.93. The number of para-hydroxylation sites is 2. The monoisotopic (exact) mass is 552 g/mol. The SMILES string of the molecule is CN1CCC(CCN(C)C(=O)C[C@@H]2C(=O)Nc3ccccc3N2S(=O)(=O)c2cccc(Cl)c2Cl)CC1. The van der Waals surface area contributed by atoms with Gasteiger partial charge >= 0.3 is 0 Å². The van der Waals surface area contributed by atoms with Gasteiger partial charge in [0, 0.05) is 13.6 Å². The number of fused-ring (bicyclic) bond motifs is 1. The Kier molecular flexibility index (Phi) is 8.14. The van der Waals surface area contributed by atoms with Crippen LogP contribution in [0.4, 0.5) is 11.4 Å². The second-order valence-electron chi connectivity index (χ2n) is 9.43. The molecule has 1 saturated heterocycles. The average molecular weight is 554 g/mol. The number of anilines is 2. The molecule has 0 bridgehead atoms. The molecule has 0 saturated carbocycles. The molecule has 2 aliphatic rings. The molecule has 4 rings (SSSR count). The van der Waals surface area contributed by atoms with Crippen LogP contribution in [0.2, 0.25) is 10.0 Å². The molecule has 2 amide bonds. The molecule has 2 aliphatic heterocycles. The fourth-order valence-corrected chi connectivity index (χ4v) is 7.07. The zero-order valence-electron chi connectivity index (χ0n) is 20.3. The summed E-state index contributed by atoms with van der Waals surface area (Å²) in [4.78, 5) is 30.0. The highest BCUT2D eigenvalue weighted by Gasteiger charge is 2.43. The van der Waals surface area contributed by atoms with Crippen LogP contribution in [0, 0.1) is 5.92 Å². The topological polar surface area (TPSA) is 90.0 Å². The van der Waals surface area contributed by atoms with Gasteiger partial charge in [0.25, 0.3) is 10.0 Å². The van der Waals surface area contributed by atoms with E-state index in [0.29, 0.717) is 18.2 Å². The third kappa shape index (κ3) is 5.49. The number of carbonyl (C=O) groups excluding carboxylic acids is 2. The summed E-state index contributed by atoms with van der Waals surface area (Å²) in [6.45, 7) is 2.64. The van der Waals surface area contributed by atoms with Crippen molar-refractivity contribution in [2.45, 2.75) is 36.6 Å². The number of halogens is 2. The smallest absolute Gasteiger partial charge is 0.266 e. The minimum absolute atomic E-state index is 0.0775. The molecule has 2 aromatic carbocycles. The van der Waals surface area contributed by atoms with Gasteiger partial charge in [-0.15, -0.1) is 0 Å².